The fourth-order valence-corrected chi connectivity index (χ4v) is 0.988. The highest BCUT2D eigenvalue weighted by molar-refractivity contribution is 5.70. The van der Waals surface area contributed by atoms with Gasteiger partial charge in [-0.1, -0.05) is 11.3 Å². The van der Waals surface area contributed by atoms with Crippen LogP contribution in [-0.4, -0.2) is 10.3 Å². The Morgan fingerprint density at radius 3 is 3.30 bits per heavy atom. The maximum absolute atomic E-state index is 4.00. The number of aromatic nitrogens is 3. The quantitative estimate of drug-likeness (QED) is 0.565. The SMILES string of the molecule is Cc1ccc2[nH+][nH]nc2c1. The Hall–Kier alpha value is -1.38. The molecular formula is C7H8N3+. The average Bonchev–Trinajstić information content (AvgIpc) is 2.33. The molecule has 0 saturated carbocycles. The minimum absolute atomic E-state index is 0.986. The van der Waals surface area contributed by atoms with Gasteiger partial charge >= 0.3 is 0 Å². The Labute approximate surface area is 58.1 Å². The summed E-state index contributed by atoms with van der Waals surface area (Å²) in [7, 11) is 0. The predicted molar refractivity (Wildman–Crippen MR) is 37.4 cm³/mol. The Balaban J connectivity index is 2.86. The fraction of sp³-hybridized carbons (Fsp3) is 0.143. The van der Waals surface area contributed by atoms with Crippen molar-refractivity contribution >= 4 is 11.0 Å². The number of hydrogen-bond donors (Lipinski definition) is 1. The molecule has 0 aliphatic rings. The van der Waals surface area contributed by atoms with Crippen molar-refractivity contribution < 1.29 is 5.10 Å². The van der Waals surface area contributed by atoms with E-state index in [4.69, 9.17) is 0 Å². The average molecular weight is 134 g/mol. The van der Waals surface area contributed by atoms with Crippen molar-refractivity contribution in [3.63, 3.8) is 0 Å². The van der Waals surface area contributed by atoms with Gasteiger partial charge in [-0.25, -0.2) is 0 Å². The van der Waals surface area contributed by atoms with Crippen LogP contribution in [0.3, 0.4) is 0 Å². The zero-order valence-electron chi connectivity index (χ0n) is 5.68. The summed E-state index contributed by atoms with van der Waals surface area (Å²) in [6, 6.07) is 6.09. The summed E-state index contributed by atoms with van der Waals surface area (Å²) in [5.74, 6) is 0. The summed E-state index contributed by atoms with van der Waals surface area (Å²) in [5, 5.41) is 9.60. The third-order valence-corrected chi connectivity index (χ3v) is 1.52. The van der Waals surface area contributed by atoms with E-state index in [0.29, 0.717) is 0 Å². The van der Waals surface area contributed by atoms with Crippen molar-refractivity contribution in [1.82, 2.24) is 10.3 Å². The van der Waals surface area contributed by atoms with Gasteiger partial charge in [0.1, 0.15) is 0 Å². The highest BCUT2D eigenvalue weighted by atomic mass is 15.3. The van der Waals surface area contributed by atoms with E-state index >= 15 is 0 Å². The molecule has 0 radical (unpaired) electrons. The van der Waals surface area contributed by atoms with Gasteiger partial charge in [0, 0.05) is 5.10 Å². The largest absolute Gasteiger partial charge is 0.248 e. The van der Waals surface area contributed by atoms with E-state index < -0.39 is 0 Å². The van der Waals surface area contributed by atoms with E-state index in [1.807, 2.05) is 25.1 Å². The van der Waals surface area contributed by atoms with Crippen LogP contribution in [0.2, 0.25) is 0 Å². The van der Waals surface area contributed by atoms with Crippen molar-refractivity contribution in [1.29, 1.82) is 0 Å². The molecule has 0 unspecified atom stereocenters. The molecule has 1 aromatic heterocycles. The lowest BCUT2D eigenvalue weighted by Crippen LogP contribution is -2.00. The number of aryl methyl sites for hydroxylation is 1. The zero-order chi connectivity index (χ0) is 6.97. The number of fused-ring (bicyclic) bond motifs is 1. The Bertz CT molecular complexity index is 350. The highest BCUT2D eigenvalue weighted by Gasteiger charge is 2.02. The molecule has 0 aliphatic carbocycles. The smallest absolute Gasteiger partial charge is 0.169 e. The van der Waals surface area contributed by atoms with Crippen LogP contribution in [0.25, 0.3) is 11.0 Å². The van der Waals surface area contributed by atoms with Gasteiger partial charge in [-0.15, -0.1) is 0 Å². The number of aromatic amines is 2. The topological polar surface area (TPSA) is 42.8 Å². The lowest BCUT2D eigenvalue weighted by molar-refractivity contribution is -0.427. The number of H-pyrrole nitrogens is 2. The molecule has 2 aromatic rings. The summed E-state index contributed by atoms with van der Waals surface area (Å²) < 4.78 is 0. The summed E-state index contributed by atoms with van der Waals surface area (Å²) in [4.78, 5) is 0. The predicted octanol–water partition coefficient (Wildman–Crippen LogP) is 0.685. The summed E-state index contributed by atoms with van der Waals surface area (Å²) in [6.07, 6.45) is 0. The number of benzene rings is 1. The molecule has 0 saturated heterocycles. The van der Waals surface area contributed by atoms with Crippen molar-refractivity contribution in [2.45, 2.75) is 6.92 Å². The number of rotatable bonds is 0. The second kappa shape index (κ2) is 1.80. The lowest BCUT2D eigenvalue weighted by Gasteiger charge is -1.83. The van der Waals surface area contributed by atoms with Gasteiger partial charge in [-0.2, -0.15) is 5.10 Å². The van der Waals surface area contributed by atoms with E-state index in [0.717, 1.165) is 11.0 Å². The van der Waals surface area contributed by atoms with Gasteiger partial charge in [-0.05, 0) is 24.6 Å². The number of hydrogen-bond acceptors (Lipinski definition) is 1. The number of nitrogens with one attached hydrogen (secondary N) is 2. The van der Waals surface area contributed by atoms with Crippen LogP contribution in [0.5, 0.6) is 0 Å². The molecule has 2 N–H and O–H groups in total. The van der Waals surface area contributed by atoms with E-state index in [9.17, 15) is 0 Å². The van der Waals surface area contributed by atoms with Gasteiger partial charge in [0.15, 0.2) is 5.52 Å². The third kappa shape index (κ3) is 0.673. The first-order valence-electron chi connectivity index (χ1n) is 3.19. The molecule has 1 aromatic carbocycles. The minimum atomic E-state index is 0.986. The molecular weight excluding hydrogens is 126 g/mol. The van der Waals surface area contributed by atoms with Crippen LogP contribution in [0, 0.1) is 6.92 Å². The van der Waals surface area contributed by atoms with E-state index in [-0.39, 0.29) is 0 Å². The molecule has 3 nitrogen and oxygen atoms in total. The van der Waals surface area contributed by atoms with Crippen LogP contribution in [0.15, 0.2) is 18.2 Å². The van der Waals surface area contributed by atoms with Crippen molar-refractivity contribution in [2.24, 2.45) is 0 Å². The highest BCUT2D eigenvalue weighted by Crippen LogP contribution is 2.06. The van der Waals surface area contributed by atoms with Gasteiger partial charge < -0.3 is 0 Å². The summed E-state index contributed by atoms with van der Waals surface area (Å²) in [5.41, 5.74) is 3.26. The molecule has 0 amide bonds. The first kappa shape index (κ1) is 5.41. The van der Waals surface area contributed by atoms with Gasteiger partial charge in [0.05, 0.1) is 0 Å². The van der Waals surface area contributed by atoms with E-state index in [1.165, 1.54) is 5.56 Å². The third-order valence-electron chi connectivity index (χ3n) is 1.52. The van der Waals surface area contributed by atoms with Crippen molar-refractivity contribution in [3.05, 3.63) is 23.8 Å². The maximum atomic E-state index is 4.00. The molecule has 1 heterocycles. The van der Waals surface area contributed by atoms with Gasteiger partial charge in [-0.3, -0.25) is 0 Å². The van der Waals surface area contributed by atoms with Crippen molar-refractivity contribution in [3.8, 4) is 0 Å². The fourth-order valence-electron chi connectivity index (χ4n) is 0.988. The van der Waals surface area contributed by atoms with Gasteiger partial charge in [0.2, 0.25) is 5.52 Å². The van der Waals surface area contributed by atoms with Crippen LogP contribution < -0.4 is 5.10 Å². The second-order valence-electron chi connectivity index (χ2n) is 2.37. The van der Waals surface area contributed by atoms with Crippen LogP contribution in [0.1, 0.15) is 5.56 Å². The standard InChI is InChI=1S/C7H7N3/c1-5-2-3-6-7(4-5)9-10-8-6/h2-4H,1H3,(H,8,9,10)/p+1. The molecule has 50 valence electrons. The zero-order valence-corrected chi connectivity index (χ0v) is 5.68. The molecule has 10 heavy (non-hydrogen) atoms. The summed E-state index contributed by atoms with van der Waals surface area (Å²) in [6.45, 7) is 2.05. The number of nitrogens with zero attached hydrogens (tertiary/aromatic N) is 1. The van der Waals surface area contributed by atoms with Gasteiger partial charge in [0.25, 0.3) is 0 Å². The Kier molecular flexibility index (Phi) is 0.974. The second-order valence-corrected chi connectivity index (χ2v) is 2.37. The molecule has 0 atom stereocenters. The Morgan fingerprint density at radius 1 is 1.50 bits per heavy atom. The molecule has 0 bridgehead atoms. The first-order valence-corrected chi connectivity index (χ1v) is 3.19. The molecule has 0 fully saturated rings. The van der Waals surface area contributed by atoms with Crippen LogP contribution >= 0.6 is 0 Å². The van der Waals surface area contributed by atoms with Crippen LogP contribution in [0.4, 0.5) is 0 Å². The lowest BCUT2D eigenvalue weighted by atomic mass is 10.2. The van der Waals surface area contributed by atoms with Crippen molar-refractivity contribution in [2.75, 3.05) is 0 Å². The normalized spacial score (nSPS) is 10.5. The maximum Gasteiger partial charge on any atom is 0.248 e. The molecule has 3 heteroatoms. The first-order chi connectivity index (χ1) is 4.86. The Morgan fingerprint density at radius 2 is 2.40 bits per heavy atom. The molecule has 2 rings (SSSR count). The molecule has 0 aliphatic heterocycles. The molecule has 0 spiro atoms. The van der Waals surface area contributed by atoms with Crippen LogP contribution in [-0.2, 0) is 0 Å². The minimum Gasteiger partial charge on any atom is -0.169 e. The summed E-state index contributed by atoms with van der Waals surface area (Å²) >= 11 is 0. The van der Waals surface area contributed by atoms with E-state index in [1.54, 1.807) is 0 Å². The van der Waals surface area contributed by atoms with E-state index in [2.05, 4.69) is 15.4 Å². The monoisotopic (exact) mass is 134 g/mol.